The zero-order chi connectivity index (χ0) is 16.4. The fraction of sp³-hybridized carbons (Fsp3) is 0.188. The van der Waals surface area contributed by atoms with E-state index in [0.29, 0.717) is 11.5 Å². The number of nitrogens with zero attached hydrogens (tertiary/aromatic N) is 2. The van der Waals surface area contributed by atoms with Gasteiger partial charge in [0.05, 0.1) is 22.0 Å². The van der Waals surface area contributed by atoms with Crippen molar-refractivity contribution in [2.75, 3.05) is 7.05 Å². The predicted octanol–water partition coefficient (Wildman–Crippen LogP) is 3.53. The Bertz CT molecular complexity index is 882. The fourth-order valence-corrected chi connectivity index (χ4v) is 3.94. The van der Waals surface area contributed by atoms with Gasteiger partial charge in [0.25, 0.3) is 0 Å². The van der Waals surface area contributed by atoms with Gasteiger partial charge in [0.15, 0.2) is 5.76 Å². The highest BCUT2D eigenvalue weighted by atomic mass is 32.2. The summed E-state index contributed by atoms with van der Waals surface area (Å²) in [5.41, 5.74) is 1.59. The van der Waals surface area contributed by atoms with E-state index in [4.69, 9.17) is 4.52 Å². The van der Waals surface area contributed by atoms with Crippen molar-refractivity contribution in [2.45, 2.75) is 18.4 Å². The monoisotopic (exact) mass is 348 g/mol. The predicted molar refractivity (Wildman–Crippen MR) is 89.6 cm³/mol. The van der Waals surface area contributed by atoms with Crippen molar-refractivity contribution in [1.29, 1.82) is 0 Å². The van der Waals surface area contributed by atoms with Gasteiger partial charge in [-0.25, -0.2) is 8.42 Å². The van der Waals surface area contributed by atoms with Gasteiger partial charge >= 0.3 is 0 Å². The first kappa shape index (κ1) is 15.9. The van der Waals surface area contributed by atoms with Crippen LogP contribution in [0.25, 0.3) is 10.6 Å². The maximum absolute atomic E-state index is 12.6. The topological polar surface area (TPSA) is 63.4 Å². The number of hydrogen-bond acceptors (Lipinski definition) is 5. The van der Waals surface area contributed by atoms with Crippen LogP contribution in [0.2, 0.25) is 0 Å². The summed E-state index contributed by atoms with van der Waals surface area (Å²) in [6, 6.07) is 12.4. The third kappa shape index (κ3) is 3.36. The van der Waals surface area contributed by atoms with E-state index in [2.05, 4.69) is 5.16 Å². The molecule has 0 radical (unpaired) electrons. The van der Waals surface area contributed by atoms with Crippen LogP contribution in [0, 0.1) is 6.92 Å². The quantitative estimate of drug-likeness (QED) is 0.707. The van der Waals surface area contributed by atoms with Gasteiger partial charge in [-0.05, 0) is 30.5 Å². The van der Waals surface area contributed by atoms with Crippen molar-refractivity contribution in [3.63, 3.8) is 0 Å². The van der Waals surface area contributed by atoms with E-state index in [1.165, 1.54) is 11.4 Å². The van der Waals surface area contributed by atoms with E-state index in [-0.39, 0.29) is 11.4 Å². The lowest BCUT2D eigenvalue weighted by Crippen LogP contribution is -2.26. The number of rotatable bonds is 5. The van der Waals surface area contributed by atoms with Crippen molar-refractivity contribution >= 4 is 21.4 Å². The molecule has 3 rings (SSSR count). The van der Waals surface area contributed by atoms with E-state index < -0.39 is 10.0 Å². The number of aromatic nitrogens is 1. The van der Waals surface area contributed by atoms with E-state index in [1.807, 2.05) is 24.4 Å². The van der Waals surface area contributed by atoms with Gasteiger partial charge in [-0.3, -0.25) is 0 Å². The summed E-state index contributed by atoms with van der Waals surface area (Å²) in [6.45, 7) is 2.08. The van der Waals surface area contributed by atoms with E-state index >= 15 is 0 Å². The second-order valence-corrected chi connectivity index (χ2v) is 8.23. The molecule has 0 aliphatic carbocycles. The summed E-state index contributed by atoms with van der Waals surface area (Å²) >= 11 is 1.55. The molecule has 0 amide bonds. The zero-order valence-electron chi connectivity index (χ0n) is 12.8. The normalized spacial score (nSPS) is 12.0. The van der Waals surface area contributed by atoms with Crippen LogP contribution in [0.4, 0.5) is 0 Å². The van der Waals surface area contributed by atoms with Crippen LogP contribution in [0.15, 0.2) is 57.3 Å². The van der Waals surface area contributed by atoms with Crippen LogP contribution in [-0.2, 0) is 16.6 Å². The highest BCUT2D eigenvalue weighted by molar-refractivity contribution is 7.89. The molecule has 0 N–H and O–H groups in total. The summed E-state index contributed by atoms with van der Waals surface area (Å²) in [4.78, 5) is 1.24. The first-order valence-corrected chi connectivity index (χ1v) is 9.31. The Morgan fingerprint density at radius 3 is 2.61 bits per heavy atom. The van der Waals surface area contributed by atoms with Crippen LogP contribution in [-0.4, -0.2) is 24.9 Å². The minimum atomic E-state index is -3.54. The highest BCUT2D eigenvalue weighted by Crippen LogP contribution is 2.26. The molecule has 0 spiro atoms. The Morgan fingerprint density at radius 2 is 1.96 bits per heavy atom. The fourth-order valence-electron chi connectivity index (χ4n) is 2.12. The molecule has 5 nitrogen and oxygen atoms in total. The second kappa shape index (κ2) is 6.27. The SMILES string of the molecule is Cc1ccc(S(=O)(=O)N(C)Cc2cc(-c3cccs3)on2)cc1. The number of aryl methyl sites for hydroxylation is 1. The lowest BCUT2D eigenvalue weighted by molar-refractivity contribution is 0.403. The molecule has 0 unspecified atom stereocenters. The first-order chi connectivity index (χ1) is 11.0. The van der Waals surface area contributed by atoms with Crippen LogP contribution < -0.4 is 0 Å². The number of benzene rings is 1. The van der Waals surface area contributed by atoms with Gasteiger partial charge in [-0.2, -0.15) is 4.31 Å². The summed E-state index contributed by atoms with van der Waals surface area (Å²) < 4.78 is 31.7. The smallest absolute Gasteiger partial charge is 0.243 e. The Labute approximate surface area is 139 Å². The molecule has 120 valence electrons. The van der Waals surface area contributed by atoms with Gasteiger partial charge in [0.2, 0.25) is 10.0 Å². The Kier molecular flexibility index (Phi) is 4.34. The van der Waals surface area contributed by atoms with Crippen molar-refractivity contribution in [3.05, 3.63) is 59.1 Å². The molecule has 0 atom stereocenters. The molecular weight excluding hydrogens is 332 g/mol. The maximum Gasteiger partial charge on any atom is 0.243 e. The third-order valence-electron chi connectivity index (χ3n) is 3.44. The zero-order valence-corrected chi connectivity index (χ0v) is 14.4. The second-order valence-electron chi connectivity index (χ2n) is 5.23. The molecular formula is C16H16N2O3S2. The van der Waals surface area contributed by atoms with Crippen molar-refractivity contribution in [3.8, 4) is 10.6 Å². The highest BCUT2D eigenvalue weighted by Gasteiger charge is 2.22. The van der Waals surface area contributed by atoms with Crippen LogP contribution in [0.3, 0.4) is 0 Å². The molecule has 3 aromatic rings. The maximum atomic E-state index is 12.6. The first-order valence-electron chi connectivity index (χ1n) is 6.99. The van der Waals surface area contributed by atoms with Crippen molar-refractivity contribution in [1.82, 2.24) is 9.46 Å². The molecule has 0 bridgehead atoms. The van der Waals surface area contributed by atoms with Crippen molar-refractivity contribution in [2.24, 2.45) is 0 Å². The van der Waals surface area contributed by atoms with Crippen LogP contribution >= 0.6 is 11.3 Å². The molecule has 23 heavy (non-hydrogen) atoms. The van der Waals surface area contributed by atoms with Gasteiger partial charge in [-0.15, -0.1) is 11.3 Å². The molecule has 0 saturated carbocycles. The van der Waals surface area contributed by atoms with Gasteiger partial charge < -0.3 is 4.52 Å². The summed E-state index contributed by atoms with van der Waals surface area (Å²) in [7, 11) is -2.01. The van der Waals surface area contributed by atoms with Gasteiger partial charge in [0, 0.05) is 13.1 Å². The Morgan fingerprint density at radius 1 is 1.22 bits per heavy atom. The van der Waals surface area contributed by atoms with E-state index in [9.17, 15) is 8.42 Å². The lowest BCUT2D eigenvalue weighted by Gasteiger charge is -2.15. The van der Waals surface area contributed by atoms with Gasteiger partial charge in [0.1, 0.15) is 0 Å². The molecule has 0 fully saturated rings. The van der Waals surface area contributed by atoms with Crippen LogP contribution in [0.5, 0.6) is 0 Å². The third-order valence-corrected chi connectivity index (χ3v) is 6.14. The van der Waals surface area contributed by atoms with Crippen molar-refractivity contribution < 1.29 is 12.9 Å². The molecule has 0 saturated heterocycles. The largest absolute Gasteiger partial charge is 0.355 e. The van der Waals surface area contributed by atoms with Crippen LogP contribution in [0.1, 0.15) is 11.3 Å². The van der Waals surface area contributed by atoms with E-state index in [0.717, 1.165) is 10.4 Å². The Hall–Kier alpha value is -1.96. The minimum Gasteiger partial charge on any atom is -0.355 e. The average Bonchev–Trinajstić information content (AvgIpc) is 3.18. The molecule has 0 aliphatic rings. The minimum absolute atomic E-state index is 0.158. The summed E-state index contributed by atoms with van der Waals surface area (Å²) in [6.07, 6.45) is 0. The molecule has 0 aliphatic heterocycles. The number of thiophene rings is 1. The Balaban J connectivity index is 1.78. The number of sulfonamides is 1. The molecule has 2 aromatic heterocycles. The summed E-state index contributed by atoms with van der Waals surface area (Å²) in [5, 5.41) is 5.91. The lowest BCUT2D eigenvalue weighted by atomic mass is 10.2. The standard InChI is InChI=1S/C16H16N2O3S2/c1-12-5-7-14(8-6-12)23(19,20)18(2)11-13-10-15(21-17-13)16-4-3-9-22-16/h3-10H,11H2,1-2H3. The molecule has 1 aromatic carbocycles. The van der Waals surface area contributed by atoms with Gasteiger partial charge in [-0.1, -0.05) is 28.9 Å². The average molecular weight is 348 g/mol. The summed E-state index contributed by atoms with van der Waals surface area (Å²) in [5.74, 6) is 0.649. The molecule has 7 heteroatoms. The number of hydrogen-bond donors (Lipinski definition) is 0. The molecule has 2 heterocycles. The van der Waals surface area contributed by atoms with E-state index in [1.54, 1.807) is 41.7 Å².